The average molecular weight is 266 g/mol. The summed E-state index contributed by atoms with van der Waals surface area (Å²) in [5.74, 6) is 0. The minimum atomic E-state index is -0.426. The van der Waals surface area contributed by atoms with Crippen LogP contribution in [0.2, 0.25) is 0 Å². The third kappa shape index (κ3) is 3.70. The molecule has 1 saturated heterocycles. The van der Waals surface area contributed by atoms with Crippen LogP contribution in [-0.2, 0) is 18.3 Å². The van der Waals surface area contributed by atoms with Gasteiger partial charge in [0.05, 0.1) is 12.0 Å². The van der Waals surface area contributed by atoms with Crippen molar-refractivity contribution in [2.45, 2.75) is 39.0 Å². The van der Waals surface area contributed by atoms with E-state index in [9.17, 15) is 4.79 Å². The van der Waals surface area contributed by atoms with Crippen molar-refractivity contribution >= 4 is 6.09 Å². The fraction of sp³-hybridized carbons (Fsp3) is 0.692. The molecule has 0 atom stereocenters. The number of hydrogen-bond acceptors (Lipinski definition) is 4. The van der Waals surface area contributed by atoms with Crippen LogP contribution in [0.5, 0.6) is 0 Å². The monoisotopic (exact) mass is 266 g/mol. The molecule has 2 heterocycles. The molecule has 19 heavy (non-hydrogen) atoms. The summed E-state index contributed by atoms with van der Waals surface area (Å²) in [4.78, 5) is 17.5. The van der Waals surface area contributed by atoms with Gasteiger partial charge in [0.25, 0.3) is 0 Å². The van der Waals surface area contributed by atoms with Gasteiger partial charge in [-0.1, -0.05) is 0 Å². The molecule has 0 radical (unpaired) electrons. The van der Waals surface area contributed by atoms with Gasteiger partial charge in [-0.05, 0) is 20.8 Å². The number of rotatable bonds is 3. The first-order chi connectivity index (χ1) is 8.85. The number of imidazole rings is 1. The zero-order valence-electron chi connectivity index (χ0n) is 12.0. The lowest BCUT2D eigenvalue weighted by molar-refractivity contribution is 0.00514. The maximum atomic E-state index is 11.7. The molecule has 1 aromatic rings. The van der Waals surface area contributed by atoms with E-state index in [1.165, 1.54) is 0 Å². The van der Waals surface area contributed by atoms with E-state index < -0.39 is 5.60 Å². The molecule has 6 heteroatoms. The summed E-state index contributed by atoms with van der Waals surface area (Å²) in [5.41, 5.74) is 0.709. The van der Waals surface area contributed by atoms with Gasteiger partial charge in [0.1, 0.15) is 5.60 Å². The van der Waals surface area contributed by atoms with Crippen LogP contribution in [0.25, 0.3) is 0 Å². The van der Waals surface area contributed by atoms with Crippen LogP contribution >= 0.6 is 0 Å². The van der Waals surface area contributed by atoms with Crippen molar-refractivity contribution in [2.75, 3.05) is 13.1 Å². The molecule has 2 rings (SSSR count). The smallest absolute Gasteiger partial charge is 0.410 e. The van der Waals surface area contributed by atoms with E-state index in [1.807, 2.05) is 38.6 Å². The molecule has 1 amide bonds. The number of carbonyl (C=O) groups excluding carboxylic acids is 1. The summed E-state index contributed by atoms with van der Waals surface area (Å²) in [6, 6.07) is 0.336. The topological polar surface area (TPSA) is 59.4 Å². The number of aryl methyl sites for hydroxylation is 1. The molecule has 106 valence electrons. The van der Waals surface area contributed by atoms with Crippen molar-refractivity contribution in [3.63, 3.8) is 0 Å². The Morgan fingerprint density at radius 2 is 2.21 bits per heavy atom. The van der Waals surface area contributed by atoms with Crippen LogP contribution in [0, 0.1) is 0 Å². The molecule has 0 spiro atoms. The molecular formula is C13H22N4O2. The summed E-state index contributed by atoms with van der Waals surface area (Å²) < 4.78 is 7.29. The molecule has 1 N–H and O–H groups in total. The molecule has 6 nitrogen and oxygen atoms in total. The number of likely N-dealkylation sites (tertiary alicyclic amines) is 1. The molecule has 0 saturated carbocycles. The normalized spacial score (nSPS) is 16.3. The largest absolute Gasteiger partial charge is 0.444 e. The summed E-state index contributed by atoms with van der Waals surface area (Å²) in [5, 5.41) is 3.40. The maximum Gasteiger partial charge on any atom is 0.410 e. The quantitative estimate of drug-likeness (QED) is 0.891. The van der Waals surface area contributed by atoms with E-state index in [2.05, 4.69) is 10.3 Å². The Labute approximate surface area is 113 Å². The molecule has 1 aliphatic heterocycles. The standard InChI is InChI=1S/C13H22N4O2/c1-13(2,3)19-12(18)17-7-10(8-17)15-6-11-5-14-9-16(11)4/h5,9-10,15H,6-8H2,1-4H3. The molecule has 0 bridgehead atoms. The Hall–Kier alpha value is -1.56. The minimum Gasteiger partial charge on any atom is -0.444 e. The molecule has 0 aromatic carbocycles. The number of nitrogens with one attached hydrogen (secondary N) is 1. The zero-order valence-corrected chi connectivity index (χ0v) is 12.0. The zero-order chi connectivity index (χ0) is 14.0. The summed E-state index contributed by atoms with van der Waals surface area (Å²) >= 11 is 0. The highest BCUT2D eigenvalue weighted by atomic mass is 16.6. The second-order valence-corrected chi connectivity index (χ2v) is 5.96. The number of carbonyl (C=O) groups is 1. The van der Waals surface area contributed by atoms with Gasteiger partial charge in [0.15, 0.2) is 0 Å². The van der Waals surface area contributed by atoms with Crippen molar-refractivity contribution in [3.8, 4) is 0 Å². The first kappa shape index (κ1) is 13.9. The summed E-state index contributed by atoms with van der Waals surface area (Å²) in [6.45, 7) is 7.80. The van der Waals surface area contributed by atoms with Crippen molar-refractivity contribution in [2.24, 2.45) is 7.05 Å². The lowest BCUT2D eigenvalue weighted by Crippen LogP contribution is -2.60. The maximum absolute atomic E-state index is 11.7. The Bertz CT molecular complexity index is 444. The van der Waals surface area contributed by atoms with Crippen molar-refractivity contribution in [3.05, 3.63) is 18.2 Å². The second kappa shape index (κ2) is 5.21. The van der Waals surface area contributed by atoms with E-state index in [0.29, 0.717) is 19.1 Å². The van der Waals surface area contributed by atoms with Gasteiger partial charge in [-0.25, -0.2) is 9.78 Å². The van der Waals surface area contributed by atoms with Crippen molar-refractivity contribution in [1.82, 2.24) is 19.8 Å². The number of aromatic nitrogens is 2. The molecular weight excluding hydrogens is 244 g/mol. The predicted octanol–water partition coefficient (Wildman–Crippen LogP) is 1.13. The molecule has 0 unspecified atom stereocenters. The molecule has 1 aromatic heterocycles. The summed E-state index contributed by atoms with van der Waals surface area (Å²) in [7, 11) is 1.97. The highest BCUT2D eigenvalue weighted by Gasteiger charge is 2.33. The number of hydrogen-bond donors (Lipinski definition) is 1. The Morgan fingerprint density at radius 1 is 1.53 bits per heavy atom. The van der Waals surface area contributed by atoms with Gasteiger partial charge in [0, 0.05) is 38.9 Å². The van der Waals surface area contributed by atoms with Crippen LogP contribution in [0.15, 0.2) is 12.5 Å². The van der Waals surface area contributed by atoms with E-state index in [-0.39, 0.29) is 6.09 Å². The Balaban J connectivity index is 1.69. The van der Waals surface area contributed by atoms with Gasteiger partial charge in [0.2, 0.25) is 0 Å². The third-order valence-corrected chi connectivity index (χ3v) is 3.02. The van der Waals surface area contributed by atoms with E-state index in [4.69, 9.17) is 4.74 Å². The van der Waals surface area contributed by atoms with Gasteiger partial charge in [-0.15, -0.1) is 0 Å². The average Bonchev–Trinajstić information content (AvgIpc) is 2.59. The van der Waals surface area contributed by atoms with Gasteiger partial charge in [-0.3, -0.25) is 0 Å². The third-order valence-electron chi connectivity index (χ3n) is 3.02. The first-order valence-corrected chi connectivity index (χ1v) is 6.51. The molecule has 1 fully saturated rings. The second-order valence-electron chi connectivity index (χ2n) is 5.96. The lowest BCUT2D eigenvalue weighted by atomic mass is 10.1. The molecule has 0 aliphatic carbocycles. The van der Waals surface area contributed by atoms with Gasteiger partial charge in [-0.2, -0.15) is 0 Å². The van der Waals surface area contributed by atoms with Crippen molar-refractivity contribution in [1.29, 1.82) is 0 Å². The fourth-order valence-electron chi connectivity index (χ4n) is 1.89. The first-order valence-electron chi connectivity index (χ1n) is 6.51. The highest BCUT2D eigenvalue weighted by Crippen LogP contribution is 2.15. The van der Waals surface area contributed by atoms with Crippen molar-refractivity contribution < 1.29 is 9.53 Å². The predicted molar refractivity (Wildman–Crippen MR) is 71.6 cm³/mol. The van der Waals surface area contributed by atoms with E-state index >= 15 is 0 Å². The number of ether oxygens (including phenoxy) is 1. The van der Waals surface area contributed by atoms with Gasteiger partial charge < -0.3 is 19.5 Å². The van der Waals surface area contributed by atoms with Crippen LogP contribution < -0.4 is 5.32 Å². The number of nitrogens with zero attached hydrogens (tertiary/aromatic N) is 3. The highest BCUT2D eigenvalue weighted by molar-refractivity contribution is 5.69. The Morgan fingerprint density at radius 3 is 2.74 bits per heavy atom. The summed E-state index contributed by atoms with van der Waals surface area (Å²) in [6.07, 6.45) is 3.40. The minimum absolute atomic E-state index is 0.230. The van der Waals surface area contributed by atoms with Crippen LogP contribution in [-0.4, -0.2) is 45.3 Å². The number of amides is 1. The van der Waals surface area contributed by atoms with Crippen LogP contribution in [0.1, 0.15) is 26.5 Å². The van der Waals surface area contributed by atoms with Gasteiger partial charge >= 0.3 is 6.09 Å². The van der Waals surface area contributed by atoms with E-state index in [1.54, 1.807) is 11.2 Å². The van der Waals surface area contributed by atoms with E-state index in [0.717, 1.165) is 12.2 Å². The lowest BCUT2D eigenvalue weighted by Gasteiger charge is -2.40. The molecule has 1 aliphatic rings. The fourth-order valence-corrected chi connectivity index (χ4v) is 1.89. The van der Waals surface area contributed by atoms with Crippen LogP contribution in [0.4, 0.5) is 4.79 Å². The Kier molecular flexibility index (Phi) is 3.80. The van der Waals surface area contributed by atoms with Crippen LogP contribution in [0.3, 0.4) is 0 Å². The SMILES string of the molecule is Cn1cncc1CNC1CN(C(=O)OC(C)(C)C)C1.